The minimum Gasteiger partial charge on any atom is -0.378 e. The van der Waals surface area contributed by atoms with Crippen LogP contribution in [0.25, 0.3) is 0 Å². The zero-order valence-electron chi connectivity index (χ0n) is 11.7. The highest BCUT2D eigenvalue weighted by molar-refractivity contribution is 5.07. The smallest absolute Gasteiger partial charge is 0.0580 e. The summed E-state index contributed by atoms with van der Waals surface area (Å²) in [5, 5.41) is 7.84. The molecular formula is C14H25N3O. The number of rotatable bonds is 7. The quantitative estimate of drug-likeness (QED) is 0.808. The molecule has 1 fully saturated rings. The van der Waals surface area contributed by atoms with Gasteiger partial charge in [-0.2, -0.15) is 5.10 Å². The van der Waals surface area contributed by atoms with E-state index in [0.717, 1.165) is 19.1 Å². The molecule has 0 amide bonds. The summed E-state index contributed by atoms with van der Waals surface area (Å²) in [7, 11) is 2.02. The zero-order chi connectivity index (χ0) is 13.0. The Morgan fingerprint density at radius 3 is 2.83 bits per heavy atom. The first-order valence-corrected chi connectivity index (χ1v) is 7.07. The lowest BCUT2D eigenvalue weighted by atomic mass is 9.77. The molecule has 1 N–H and O–H groups in total. The Hall–Kier alpha value is -0.870. The average molecular weight is 251 g/mol. The maximum Gasteiger partial charge on any atom is 0.0580 e. The molecule has 0 aromatic carbocycles. The second kappa shape index (κ2) is 6.34. The summed E-state index contributed by atoms with van der Waals surface area (Å²) in [6.45, 7) is 6.07. The Balaban J connectivity index is 1.87. The fraction of sp³-hybridized carbons (Fsp3) is 0.786. The normalized spacial score (nSPS) is 24.8. The van der Waals surface area contributed by atoms with Crippen molar-refractivity contribution in [3.05, 3.63) is 18.0 Å². The summed E-state index contributed by atoms with van der Waals surface area (Å²) in [6.07, 6.45) is 6.01. The van der Waals surface area contributed by atoms with Gasteiger partial charge in [0, 0.05) is 25.9 Å². The molecule has 4 nitrogen and oxygen atoms in total. The SMILES string of the molecule is CCNC(CC1CC(OCC)C1)c1ccnn1C. The van der Waals surface area contributed by atoms with Crippen LogP contribution in [0.3, 0.4) is 0 Å². The highest BCUT2D eigenvalue weighted by Gasteiger charge is 2.32. The lowest BCUT2D eigenvalue weighted by molar-refractivity contribution is -0.0293. The van der Waals surface area contributed by atoms with Crippen LogP contribution in [0.15, 0.2) is 12.3 Å². The minimum absolute atomic E-state index is 0.426. The van der Waals surface area contributed by atoms with Gasteiger partial charge in [0.25, 0.3) is 0 Å². The molecule has 0 spiro atoms. The van der Waals surface area contributed by atoms with Gasteiger partial charge in [0.1, 0.15) is 0 Å². The summed E-state index contributed by atoms with van der Waals surface area (Å²) < 4.78 is 7.60. The Bertz CT molecular complexity index is 358. The lowest BCUT2D eigenvalue weighted by Crippen LogP contribution is -2.35. The van der Waals surface area contributed by atoms with Gasteiger partial charge in [0.2, 0.25) is 0 Å². The summed E-state index contributed by atoms with van der Waals surface area (Å²) in [5.41, 5.74) is 1.29. The number of aryl methyl sites for hydroxylation is 1. The first-order valence-electron chi connectivity index (χ1n) is 7.07. The third-order valence-electron chi connectivity index (χ3n) is 3.83. The topological polar surface area (TPSA) is 39.1 Å². The van der Waals surface area contributed by atoms with Crippen molar-refractivity contribution in [3.63, 3.8) is 0 Å². The fourth-order valence-corrected chi connectivity index (χ4v) is 2.85. The average Bonchev–Trinajstić information content (AvgIpc) is 2.71. The largest absolute Gasteiger partial charge is 0.378 e. The van der Waals surface area contributed by atoms with Crippen LogP contribution in [0.5, 0.6) is 0 Å². The molecule has 1 atom stereocenters. The van der Waals surface area contributed by atoms with Gasteiger partial charge < -0.3 is 10.1 Å². The number of ether oxygens (including phenoxy) is 1. The van der Waals surface area contributed by atoms with Crippen molar-refractivity contribution in [1.82, 2.24) is 15.1 Å². The molecule has 0 saturated heterocycles. The van der Waals surface area contributed by atoms with Crippen LogP contribution in [0.1, 0.15) is 44.8 Å². The van der Waals surface area contributed by atoms with Gasteiger partial charge in [0.05, 0.1) is 11.8 Å². The van der Waals surface area contributed by atoms with Crippen LogP contribution in [-0.2, 0) is 11.8 Å². The van der Waals surface area contributed by atoms with E-state index >= 15 is 0 Å². The third-order valence-corrected chi connectivity index (χ3v) is 3.83. The molecule has 0 radical (unpaired) electrons. The Kier molecular flexibility index (Phi) is 4.78. The zero-order valence-corrected chi connectivity index (χ0v) is 11.7. The molecule has 102 valence electrons. The Labute approximate surface area is 110 Å². The summed E-state index contributed by atoms with van der Waals surface area (Å²) in [6, 6.07) is 2.54. The number of hydrogen-bond acceptors (Lipinski definition) is 3. The van der Waals surface area contributed by atoms with Gasteiger partial charge in [-0.25, -0.2) is 0 Å². The van der Waals surface area contributed by atoms with Crippen LogP contribution in [0.4, 0.5) is 0 Å². The summed E-state index contributed by atoms with van der Waals surface area (Å²) >= 11 is 0. The van der Waals surface area contributed by atoms with Gasteiger partial charge >= 0.3 is 0 Å². The molecule has 18 heavy (non-hydrogen) atoms. The molecule has 1 aromatic rings. The van der Waals surface area contributed by atoms with Crippen LogP contribution in [-0.4, -0.2) is 29.0 Å². The highest BCUT2D eigenvalue weighted by Crippen LogP contribution is 2.36. The number of nitrogens with one attached hydrogen (secondary N) is 1. The number of aromatic nitrogens is 2. The van der Waals surface area contributed by atoms with Crippen LogP contribution in [0, 0.1) is 5.92 Å². The van der Waals surface area contributed by atoms with E-state index in [9.17, 15) is 0 Å². The number of hydrogen-bond donors (Lipinski definition) is 1. The van der Waals surface area contributed by atoms with Crippen LogP contribution >= 0.6 is 0 Å². The first kappa shape index (κ1) is 13.6. The maximum absolute atomic E-state index is 5.63. The maximum atomic E-state index is 5.63. The fourth-order valence-electron chi connectivity index (χ4n) is 2.85. The van der Waals surface area contributed by atoms with Crippen molar-refractivity contribution in [2.24, 2.45) is 13.0 Å². The van der Waals surface area contributed by atoms with E-state index < -0.39 is 0 Å². The van der Waals surface area contributed by atoms with Crippen molar-refractivity contribution in [3.8, 4) is 0 Å². The molecule has 1 aromatic heterocycles. The molecule has 1 heterocycles. The van der Waals surface area contributed by atoms with Crippen molar-refractivity contribution in [1.29, 1.82) is 0 Å². The Morgan fingerprint density at radius 2 is 2.28 bits per heavy atom. The van der Waals surface area contributed by atoms with E-state index in [1.54, 1.807) is 0 Å². The van der Waals surface area contributed by atoms with Gasteiger partial charge in [-0.3, -0.25) is 4.68 Å². The van der Waals surface area contributed by atoms with Crippen molar-refractivity contribution < 1.29 is 4.74 Å². The van der Waals surface area contributed by atoms with Crippen LogP contribution in [0.2, 0.25) is 0 Å². The van der Waals surface area contributed by atoms with Gasteiger partial charge in [-0.05, 0) is 44.7 Å². The molecule has 0 aliphatic heterocycles. The van der Waals surface area contributed by atoms with Gasteiger partial charge in [-0.15, -0.1) is 0 Å². The molecule has 0 bridgehead atoms. The van der Waals surface area contributed by atoms with E-state index in [0.29, 0.717) is 12.1 Å². The predicted octanol–water partition coefficient (Wildman–Crippen LogP) is 2.28. The van der Waals surface area contributed by atoms with E-state index in [4.69, 9.17) is 4.74 Å². The molecule has 4 heteroatoms. The molecular weight excluding hydrogens is 226 g/mol. The lowest BCUT2D eigenvalue weighted by Gasteiger charge is -2.37. The summed E-state index contributed by atoms with van der Waals surface area (Å²) in [4.78, 5) is 0. The predicted molar refractivity (Wildman–Crippen MR) is 72.4 cm³/mol. The van der Waals surface area contributed by atoms with E-state index in [2.05, 4.69) is 30.3 Å². The molecule has 1 aliphatic carbocycles. The van der Waals surface area contributed by atoms with Gasteiger partial charge in [-0.1, -0.05) is 6.92 Å². The van der Waals surface area contributed by atoms with E-state index in [1.807, 2.05) is 17.9 Å². The highest BCUT2D eigenvalue weighted by atomic mass is 16.5. The monoisotopic (exact) mass is 251 g/mol. The van der Waals surface area contributed by atoms with Crippen molar-refractivity contribution in [2.45, 2.75) is 45.3 Å². The number of nitrogens with zero attached hydrogens (tertiary/aromatic N) is 2. The van der Waals surface area contributed by atoms with E-state index in [1.165, 1.54) is 25.0 Å². The second-order valence-electron chi connectivity index (χ2n) is 5.14. The van der Waals surface area contributed by atoms with E-state index in [-0.39, 0.29) is 0 Å². The second-order valence-corrected chi connectivity index (χ2v) is 5.14. The van der Waals surface area contributed by atoms with Crippen LogP contribution < -0.4 is 5.32 Å². The standard InChI is InChI=1S/C14H25N3O/c1-4-15-13(14-6-7-16-17(14)3)10-11-8-12(9-11)18-5-2/h6-7,11-13,15H,4-5,8-10H2,1-3H3. The first-order chi connectivity index (χ1) is 8.74. The minimum atomic E-state index is 0.426. The van der Waals surface area contributed by atoms with Gasteiger partial charge in [0.15, 0.2) is 0 Å². The third kappa shape index (κ3) is 3.12. The molecule has 1 saturated carbocycles. The molecule has 1 unspecified atom stereocenters. The molecule has 1 aliphatic rings. The summed E-state index contributed by atoms with van der Waals surface area (Å²) in [5.74, 6) is 0.792. The van der Waals surface area contributed by atoms with Crippen molar-refractivity contribution >= 4 is 0 Å². The van der Waals surface area contributed by atoms with Crippen molar-refractivity contribution in [2.75, 3.05) is 13.2 Å². The Morgan fingerprint density at radius 1 is 1.50 bits per heavy atom. The molecule has 2 rings (SSSR count).